The largest absolute Gasteiger partial charge is 0.312 e. The first-order valence-electron chi connectivity index (χ1n) is 8.86. The fourth-order valence-electron chi connectivity index (χ4n) is 3.74. The Morgan fingerprint density at radius 1 is 0.895 bits per heavy atom. The fraction of sp³-hybridized carbons (Fsp3) is 1.00. The lowest BCUT2D eigenvalue weighted by Crippen LogP contribution is -2.56. The van der Waals surface area contributed by atoms with Crippen molar-refractivity contribution in [1.29, 1.82) is 0 Å². The molecule has 2 nitrogen and oxygen atoms in total. The van der Waals surface area contributed by atoms with Crippen LogP contribution in [0.25, 0.3) is 0 Å². The second-order valence-electron chi connectivity index (χ2n) is 6.67. The van der Waals surface area contributed by atoms with E-state index in [0.29, 0.717) is 0 Å². The third-order valence-corrected chi connectivity index (χ3v) is 5.09. The van der Waals surface area contributed by atoms with Gasteiger partial charge in [0.2, 0.25) is 0 Å². The lowest BCUT2D eigenvalue weighted by atomic mass is 9.84. The molecule has 3 heterocycles. The van der Waals surface area contributed by atoms with E-state index in [4.69, 9.17) is 0 Å². The van der Waals surface area contributed by atoms with Crippen molar-refractivity contribution in [3.05, 3.63) is 0 Å². The standard InChI is InChI=1S/C17H34N2/c1-2-3-4-5-6-7-8-9-12-18-17-15-19-13-10-16(17)11-14-19/h16-18H,2-15H2,1H3. The van der Waals surface area contributed by atoms with Gasteiger partial charge < -0.3 is 10.2 Å². The second kappa shape index (κ2) is 8.97. The molecule has 0 radical (unpaired) electrons. The van der Waals surface area contributed by atoms with Gasteiger partial charge in [0.05, 0.1) is 0 Å². The predicted molar refractivity (Wildman–Crippen MR) is 83.6 cm³/mol. The van der Waals surface area contributed by atoms with Gasteiger partial charge in [0.15, 0.2) is 0 Å². The SMILES string of the molecule is CCCCCCCCCCNC1CN2CCC1CC2. The average Bonchev–Trinajstić information content (AvgIpc) is 2.47. The summed E-state index contributed by atoms with van der Waals surface area (Å²) in [5.41, 5.74) is 0. The van der Waals surface area contributed by atoms with Crippen LogP contribution in [0.5, 0.6) is 0 Å². The Balaban J connectivity index is 1.40. The number of hydrogen-bond donors (Lipinski definition) is 1. The summed E-state index contributed by atoms with van der Waals surface area (Å²) < 4.78 is 0. The Kier molecular flexibility index (Phi) is 7.23. The molecule has 1 unspecified atom stereocenters. The van der Waals surface area contributed by atoms with Gasteiger partial charge in [-0.25, -0.2) is 0 Å². The van der Waals surface area contributed by atoms with Gasteiger partial charge in [-0.1, -0.05) is 51.9 Å². The van der Waals surface area contributed by atoms with Crippen LogP contribution in [0.2, 0.25) is 0 Å². The summed E-state index contributed by atoms with van der Waals surface area (Å²) in [5, 5.41) is 3.82. The van der Waals surface area contributed by atoms with Gasteiger partial charge in [-0.3, -0.25) is 0 Å². The first-order chi connectivity index (χ1) is 9.40. The molecule has 2 bridgehead atoms. The summed E-state index contributed by atoms with van der Waals surface area (Å²) in [6, 6.07) is 0.812. The Morgan fingerprint density at radius 2 is 1.53 bits per heavy atom. The molecule has 2 heteroatoms. The molecule has 0 aliphatic carbocycles. The van der Waals surface area contributed by atoms with E-state index in [1.807, 2.05) is 0 Å². The van der Waals surface area contributed by atoms with Crippen molar-refractivity contribution in [2.75, 3.05) is 26.2 Å². The quantitative estimate of drug-likeness (QED) is 0.605. The monoisotopic (exact) mass is 266 g/mol. The Labute approximate surface area is 120 Å². The zero-order chi connectivity index (χ0) is 13.3. The molecule has 1 N–H and O–H groups in total. The van der Waals surface area contributed by atoms with Crippen LogP contribution in [0.15, 0.2) is 0 Å². The lowest BCUT2D eigenvalue weighted by Gasteiger charge is -2.45. The van der Waals surface area contributed by atoms with Gasteiger partial charge >= 0.3 is 0 Å². The highest BCUT2D eigenvalue weighted by atomic mass is 15.2. The number of piperidine rings is 3. The van der Waals surface area contributed by atoms with Crippen LogP contribution in [-0.2, 0) is 0 Å². The maximum absolute atomic E-state index is 3.82. The van der Waals surface area contributed by atoms with Crippen molar-refractivity contribution in [1.82, 2.24) is 10.2 Å². The van der Waals surface area contributed by atoms with E-state index < -0.39 is 0 Å². The second-order valence-corrected chi connectivity index (χ2v) is 6.67. The minimum atomic E-state index is 0.812. The number of unbranched alkanes of at least 4 members (excludes halogenated alkanes) is 7. The van der Waals surface area contributed by atoms with Crippen LogP contribution in [0.4, 0.5) is 0 Å². The van der Waals surface area contributed by atoms with E-state index in [-0.39, 0.29) is 0 Å². The highest BCUT2D eigenvalue weighted by Gasteiger charge is 2.33. The highest BCUT2D eigenvalue weighted by Crippen LogP contribution is 2.27. The van der Waals surface area contributed by atoms with Crippen molar-refractivity contribution in [2.45, 2.75) is 77.2 Å². The molecule has 3 saturated heterocycles. The van der Waals surface area contributed by atoms with Gasteiger partial charge in [0.1, 0.15) is 0 Å². The molecule has 3 aliphatic rings. The number of hydrogen-bond acceptors (Lipinski definition) is 2. The van der Waals surface area contributed by atoms with E-state index in [1.54, 1.807) is 0 Å². The van der Waals surface area contributed by atoms with E-state index in [9.17, 15) is 0 Å². The summed E-state index contributed by atoms with van der Waals surface area (Å²) >= 11 is 0. The Hall–Kier alpha value is -0.0800. The van der Waals surface area contributed by atoms with Gasteiger partial charge in [-0.05, 0) is 44.8 Å². The van der Waals surface area contributed by atoms with Gasteiger partial charge in [-0.2, -0.15) is 0 Å². The predicted octanol–water partition coefficient (Wildman–Crippen LogP) is 3.81. The van der Waals surface area contributed by atoms with Crippen molar-refractivity contribution in [2.24, 2.45) is 5.92 Å². The fourth-order valence-corrected chi connectivity index (χ4v) is 3.74. The molecule has 0 aromatic carbocycles. The van der Waals surface area contributed by atoms with Gasteiger partial charge in [-0.15, -0.1) is 0 Å². The van der Waals surface area contributed by atoms with Crippen LogP contribution in [0, 0.1) is 5.92 Å². The van der Waals surface area contributed by atoms with Crippen LogP contribution in [0.1, 0.15) is 71.1 Å². The third kappa shape index (κ3) is 5.43. The number of fused-ring (bicyclic) bond motifs is 3. The molecule has 3 rings (SSSR count). The van der Waals surface area contributed by atoms with Crippen molar-refractivity contribution < 1.29 is 0 Å². The van der Waals surface area contributed by atoms with Gasteiger partial charge in [0.25, 0.3) is 0 Å². The summed E-state index contributed by atoms with van der Waals surface area (Å²) in [5.74, 6) is 0.985. The summed E-state index contributed by atoms with van der Waals surface area (Å²) in [6.45, 7) is 7.59. The van der Waals surface area contributed by atoms with E-state index >= 15 is 0 Å². The topological polar surface area (TPSA) is 15.3 Å². The molecular weight excluding hydrogens is 232 g/mol. The molecule has 3 fully saturated rings. The van der Waals surface area contributed by atoms with E-state index in [1.165, 1.54) is 90.4 Å². The molecule has 0 saturated carbocycles. The van der Waals surface area contributed by atoms with Crippen LogP contribution < -0.4 is 5.32 Å². The molecule has 3 aliphatic heterocycles. The molecule has 0 aromatic rings. The smallest absolute Gasteiger partial charge is 0.0224 e. The number of nitrogens with zero attached hydrogens (tertiary/aromatic N) is 1. The van der Waals surface area contributed by atoms with Crippen molar-refractivity contribution >= 4 is 0 Å². The summed E-state index contributed by atoms with van der Waals surface area (Å²) in [6.07, 6.45) is 14.3. The lowest BCUT2D eigenvalue weighted by molar-refractivity contribution is 0.0727. The molecule has 0 amide bonds. The molecule has 0 aromatic heterocycles. The minimum Gasteiger partial charge on any atom is -0.312 e. The summed E-state index contributed by atoms with van der Waals surface area (Å²) in [7, 11) is 0. The van der Waals surface area contributed by atoms with E-state index in [0.717, 1.165) is 12.0 Å². The Morgan fingerprint density at radius 3 is 2.11 bits per heavy atom. The van der Waals surface area contributed by atoms with Crippen molar-refractivity contribution in [3.8, 4) is 0 Å². The Bertz CT molecular complexity index is 221. The van der Waals surface area contributed by atoms with Crippen molar-refractivity contribution in [3.63, 3.8) is 0 Å². The maximum atomic E-state index is 3.82. The molecule has 1 atom stereocenters. The molecule has 0 spiro atoms. The van der Waals surface area contributed by atoms with Crippen LogP contribution >= 0.6 is 0 Å². The van der Waals surface area contributed by atoms with Crippen LogP contribution in [-0.4, -0.2) is 37.1 Å². The average molecular weight is 266 g/mol. The molecular formula is C17H34N2. The zero-order valence-electron chi connectivity index (χ0n) is 13.0. The van der Waals surface area contributed by atoms with E-state index in [2.05, 4.69) is 17.1 Å². The zero-order valence-corrected chi connectivity index (χ0v) is 13.0. The highest BCUT2D eigenvalue weighted by molar-refractivity contribution is 4.90. The molecule has 19 heavy (non-hydrogen) atoms. The van der Waals surface area contributed by atoms with Crippen LogP contribution in [0.3, 0.4) is 0 Å². The first kappa shape index (κ1) is 15.3. The maximum Gasteiger partial charge on any atom is 0.0224 e. The number of rotatable bonds is 10. The molecule has 112 valence electrons. The minimum absolute atomic E-state index is 0.812. The first-order valence-corrected chi connectivity index (χ1v) is 8.86. The number of nitrogens with one attached hydrogen (secondary N) is 1. The normalized spacial score (nSPS) is 29.8. The summed E-state index contributed by atoms with van der Waals surface area (Å²) in [4.78, 5) is 2.64. The van der Waals surface area contributed by atoms with Gasteiger partial charge in [0, 0.05) is 12.6 Å². The third-order valence-electron chi connectivity index (χ3n) is 5.09.